The van der Waals surface area contributed by atoms with Gasteiger partial charge in [0.05, 0.1) is 17.7 Å². The van der Waals surface area contributed by atoms with Crippen molar-refractivity contribution in [3.63, 3.8) is 0 Å². The quantitative estimate of drug-likeness (QED) is 0.507. The van der Waals surface area contributed by atoms with Gasteiger partial charge in [-0.15, -0.1) is 0 Å². The summed E-state index contributed by atoms with van der Waals surface area (Å²) >= 11 is 0. The van der Waals surface area contributed by atoms with E-state index in [0.717, 1.165) is 17.1 Å². The van der Waals surface area contributed by atoms with Crippen molar-refractivity contribution in [3.8, 4) is 0 Å². The average Bonchev–Trinajstić information content (AvgIpc) is 3.11. The first kappa shape index (κ1) is 24.9. The zero-order valence-corrected chi connectivity index (χ0v) is 18.6. The number of alkyl halides is 3. The number of nitrogens with one attached hydrogen (secondary N) is 1. The molecule has 1 N–H and O–H groups in total. The molecule has 34 heavy (non-hydrogen) atoms. The molecule has 0 bridgehead atoms. The number of benzene rings is 2. The van der Waals surface area contributed by atoms with Gasteiger partial charge in [-0.05, 0) is 43.2 Å². The molecule has 1 atom stereocenters. The van der Waals surface area contributed by atoms with Gasteiger partial charge in [-0.1, -0.05) is 38.1 Å². The Labute approximate surface area is 194 Å². The van der Waals surface area contributed by atoms with E-state index in [1.165, 1.54) is 18.2 Å². The van der Waals surface area contributed by atoms with Crippen molar-refractivity contribution in [1.29, 1.82) is 0 Å². The number of anilines is 1. The van der Waals surface area contributed by atoms with Crippen LogP contribution in [0.25, 0.3) is 0 Å². The third-order valence-corrected chi connectivity index (χ3v) is 5.69. The summed E-state index contributed by atoms with van der Waals surface area (Å²) in [4.78, 5) is 52.6. The lowest BCUT2D eigenvalue weighted by atomic mass is 10.0. The van der Waals surface area contributed by atoms with Crippen molar-refractivity contribution >= 4 is 29.3 Å². The predicted octanol–water partition coefficient (Wildman–Crippen LogP) is 3.95. The molecule has 1 heterocycles. The fourth-order valence-electron chi connectivity index (χ4n) is 3.77. The fraction of sp³-hybridized carbons (Fsp3) is 0.333. The number of hydrogen-bond acceptors (Lipinski definition) is 4. The molecule has 1 unspecified atom stereocenters. The zero-order chi connectivity index (χ0) is 25.0. The van der Waals surface area contributed by atoms with Gasteiger partial charge in [0.2, 0.25) is 11.8 Å². The molecule has 2 aromatic carbocycles. The number of amides is 4. The Kier molecular flexibility index (Phi) is 7.38. The summed E-state index contributed by atoms with van der Waals surface area (Å²) in [6.45, 7) is 3.60. The Morgan fingerprint density at radius 3 is 2.29 bits per heavy atom. The molecule has 180 valence electrons. The second-order valence-electron chi connectivity index (χ2n) is 7.87. The lowest BCUT2D eigenvalue weighted by Crippen LogP contribution is -2.55. The summed E-state index contributed by atoms with van der Waals surface area (Å²) in [5, 5.41) is 0.823. The molecular formula is C24H24F3N3O4. The van der Waals surface area contributed by atoms with E-state index in [1.54, 1.807) is 32.0 Å². The normalized spacial score (nSPS) is 16.2. The maximum atomic E-state index is 13.2. The first-order chi connectivity index (χ1) is 16.1. The lowest BCUT2D eigenvalue weighted by molar-refractivity contribution is -0.138. The van der Waals surface area contributed by atoms with Crippen LogP contribution in [0.1, 0.15) is 49.0 Å². The molecule has 3 rings (SSSR count). The van der Waals surface area contributed by atoms with E-state index in [2.05, 4.69) is 5.43 Å². The molecule has 10 heteroatoms. The van der Waals surface area contributed by atoms with Crippen LogP contribution in [0.5, 0.6) is 0 Å². The smallest absolute Gasteiger partial charge is 0.274 e. The number of rotatable bonds is 6. The number of hydrazine groups is 1. The molecule has 2 aromatic rings. The molecule has 0 aliphatic carbocycles. The van der Waals surface area contributed by atoms with Crippen LogP contribution in [0, 0.1) is 5.92 Å². The fourth-order valence-corrected chi connectivity index (χ4v) is 3.77. The Morgan fingerprint density at radius 2 is 1.71 bits per heavy atom. The number of nitrogens with zero attached hydrogens (tertiary/aromatic N) is 2. The number of carbonyl (C=O) groups is 4. The Bertz CT molecular complexity index is 1080. The van der Waals surface area contributed by atoms with Crippen LogP contribution in [0.4, 0.5) is 18.9 Å². The highest BCUT2D eigenvalue weighted by atomic mass is 19.4. The van der Waals surface area contributed by atoms with E-state index < -0.39 is 53.7 Å². The highest BCUT2D eigenvalue weighted by molar-refractivity contribution is 6.23. The van der Waals surface area contributed by atoms with Crippen LogP contribution in [0.3, 0.4) is 0 Å². The van der Waals surface area contributed by atoms with E-state index in [1.807, 2.05) is 0 Å². The monoisotopic (exact) mass is 475 g/mol. The predicted molar refractivity (Wildman–Crippen MR) is 117 cm³/mol. The summed E-state index contributed by atoms with van der Waals surface area (Å²) < 4.78 is 39.4. The van der Waals surface area contributed by atoms with Gasteiger partial charge in [0.25, 0.3) is 11.8 Å². The van der Waals surface area contributed by atoms with Crippen LogP contribution in [-0.2, 0) is 20.6 Å². The molecule has 1 aliphatic rings. The van der Waals surface area contributed by atoms with Crippen LogP contribution >= 0.6 is 0 Å². The third kappa shape index (κ3) is 5.11. The molecule has 1 fully saturated rings. The standard InChI is InChI=1S/C24H24F3N3O4/c1-3-15(4-2)21(32)28-30(22(33)16-9-6-5-7-10-16)19-14-20(31)29(23(19)34)18-12-8-11-17(13-18)24(25,26)27/h5-13,15,19H,3-4,14H2,1-2H3,(H,28,32). The summed E-state index contributed by atoms with van der Waals surface area (Å²) in [6, 6.07) is 10.3. The van der Waals surface area contributed by atoms with Crippen LogP contribution in [-0.4, -0.2) is 34.7 Å². The van der Waals surface area contributed by atoms with Gasteiger partial charge in [-0.3, -0.25) is 24.6 Å². The van der Waals surface area contributed by atoms with Gasteiger partial charge >= 0.3 is 6.18 Å². The largest absolute Gasteiger partial charge is 0.416 e. The molecule has 1 saturated heterocycles. The molecule has 1 aliphatic heterocycles. The van der Waals surface area contributed by atoms with Crippen molar-refractivity contribution in [2.75, 3.05) is 4.90 Å². The lowest BCUT2D eigenvalue weighted by Gasteiger charge is -2.29. The number of hydrogen-bond donors (Lipinski definition) is 1. The van der Waals surface area contributed by atoms with Gasteiger partial charge in [0, 0.05) is 11.5 Å². The first-order valence-corrected chi connectivity index (χ1v) is 10.8. The Balaban J connectivity index is 1.96. The Morgan fingerprint density at radius 1 is 1.06 bits per heavy atom. The molecule has 7 nitrogen and oxygen atoms in total. The molecule has 0 spiro atoms. The first-order valence-electron chi connectivity index (χ1n) is 10.8. The van der Waals surface area contributed by atoms with Crippen molar-refractivity contribution in [2.24, 2.45) is 5.92 Å². The highest BCUT2D eigenvalue weighted by Crippen LogP contribution is 2.33. The van der Waals surface area contributed by atoms with Gasteiger partial charge in [-0.25, -0.2) is 9.91 Å². The number of imide groups is 1. The third-order valence-electron chi connectivity index (χ3n) is 5.69. The van der Waals surface area contributed by atoms with Crippen molar-refractivity contribution in [1.82, 2.24) is 10.4 Å². The van der Waals surface area contributed by atoms with Crippen LogP contribution < -0.4 is 10.3 Å². The second kappa shape index (κ2) is 10.1. The van der Waals surface area contributed by atoms with E-state index in [9.17, 15) is 32.3 Å². The summed E-state index contributed by atoms with van der Waals surface area (Å²) in [5.41, 5.74) is 1.38. The minimum absolute atomic E-state index is 0.171. The maximum absolute atomic E-state index is 13.2. The SMILES string of the molecule is CCC(CC)C(=O)NN(C(=O)c1ccccc1)C1CC(=O)N(c2cccc(C(F)(F)F)c2)C1=O. The average molecular weight is 475 g/mol. The van der Waals surface area contributed by atoms with Crippen molar-refractivity contribution in [2.45, 2.75) is 45.3 Å². The van der Waals surface area contributed by atoms with E-state index >= 15 is 0 Å². The molecule has 0 saturated carbocycles. The Hall–Kier alpha value is -3.69. The van der Waals surface area contributed by atoms with Crippen LogP contribution in [0.2, 0.25) is 0 Å². The summed E-state index contributed by atoms with van der Waals surface area (Å²) in [5.74, 6) is -3.32. The maximum Gasteiger partial charge on any atom is 0.416 e. The topological polar surface area (TPSA) is 86.8 Å². The van der Waals surface area contributed by atoms with Gasteiger partial charge in [0.15, 0.2) is 0 Å². The summed E-state index contributed by atoms with van der Waals surface area (Å²) in [7, 11) is 0. The minimum atomic E-state index is -4.67. The molecule has 0 radical (unpaired) electrons. The number of carbonyl (C=O) groups excluding carboxylic acids is 4. The van der Waals surface area contributed by atoms with E-state index in [0.29, 0.717) is 23.8 Å². The zero-order valence-electron chi connectivity index (χ0n) is 18.6. The van der Waals surface area contributed by atoms with Gasteiger partial charge in [0.1, 0.15) is 6.04 Å². The van der Waals surface area contributed by atoms with Crippen molar-refractivity contribution in [3.05, 3.63) is 65.7 Å². The van der Waals surface area contributed by atoms with Crippen LogP contribution in [0.15, 0.2) is 54.6 Å². The van der Waals surface area contributed by atoms with E-state index in [-0.39, 0.29) is 11.3 Å². The second-order valence-corrected chi connectivity index (χ2v) is 7.87. The summed E-state index contributed by atoms with van der Waals surface area (Å²) in [6.07, 6.45) is -4.18. The number of halogens is 3. The van der Waals surface area contributed by atoms with Gasteiger partial charge in [-0.2, -0.15) is 13.2 Å². The van der Waals surface area contributed by atoms with Crippen molar-refractivity contribution < 1.29 is 32.3 Å². The van der Waals surface area contributed by atoms with Gasteiger partial charge < -0.3 is 0 Å². The molecular weight excluding hydrogens is 451 g/mol. The minimum Gasteiger partial charge on any atom is -0.274 e. The highest BCUT2D eigenvalue weighted by Gasteiger charge is 2.46. The molecule has 0 aromatic heterocycles. The molecule has 4 amide bonds. The van der Waals surface area contributed by atoms with E-state index in [4.69, 9.17) is 0 Å².